The Bertz CT molecular complexity index is 1780. The average Bonchev–Trinajstić information content (AvgIpc) is 3.02. The van der Waals surface area contributed by atoms with Gasteiger partial charge in [0.2, 0.25) is 0 Å². The van der Waals surface area contributed by atoms with Crippen LogP contribution in [0.2, 0.25) is 0 Å². The Kier molecular flexibility index (Phi) is 5.26. The van der Waals surface area contributed by atoms with Crippen LogP contribution >= 0.6 is 17.9 Å². The first kappa shape index (κ1) is 22.8. The smallest absolute Gasteiger partial charge is 0.0556 e. The molecule has 6 aromatic rings. The largest absolute Gasteiger partial charge is 0.309 e. The average molecular weight is 536 g/mol. The molecule has 0 bridgehead atoms. The molecule has 0 aliphatic carbocycles. The van der Waals surface area contributed by atoms with E-state index in [0.717, 1.165) is 0 Å². The zero-order valence-corrected chi connectivity index (χ0v) is 23.0. The van der Waals surface area contributed by atoms with Gasteiger partial charge in [0.05, 0.1) is 11.4 Å². The van der Waals surface area contributed by atoms with Crippen molar-refractivity contribution < 1.29 is 0 Å². The minimum Gasteiger partial charge on any atom is -0.309 e. The second-order valence-corrected chi connectivity index (χ2v) is 15.0. The molecule has 1 atom stereocenters. The molecule has 0 fully saturated rings. The topological polar surface area (TPSA) is 3.24 Å². The van der Waals surface area contributed by atoms with Gasteiger partial charge in [-0.05, 0) is 73.9 Å². The lowest BCUT2D eigenvalue weighted by atomic mass is 10.2. The number of fused-ring (bicyclic) bond motifs is 4. The number of benzene rings is 6. The van der Waals surface area contributed by atoms with E-state index in [-0.39, 0.29) is 0 Å². The maximum atomic E-state index is 2.49. The van der Waals surface area contributed by atoms with Crippen molar-refractivity contribution in [2.45, 2.75) is 19.6 Å². The van der Waals surface area contributed by atoms with Crippen molar-refractivity contribution in [2.75, 3.05) is 4.90 Å². The van der Waals surface area contributed by atoms with E-state index >= 15 is 0 Å². The first-order valence-electron chi connectivity index (χ1n) is 13.3. The van der Waals surface area contributed by atoms with Gasteiger partial charge in [0, 0.05) is 35.9 Å². The molecule has 3 heteroatoms. The molecule has 0 aromatic heterocycles. The lowest BCUT2D eigenvalue weighted by Crippen LogP contribution is -2.39. The molecule has 0 spiro atoms. The van der Waals surface area contributed by atoms with Crippen molar-refractivity contribution in [2.24, 2.45) is 0 Å². The van der Waals surface area contributed by atoms with Crippen LogP contribution in [0.25, 0.3) is 0 Å². The molecular formula is C36H26NPS. The van der Waals surface area contributed by atoms with Crippen molar-refractivity contribution in [1.29, 1.82) is 0 Å². The molecule has 0 N–H and O–H groups in total. The summed E-state index contributed by atoms with van der Waals surface area (Å²) in [6.45, 7) is 0. The maximum absolute atomic E-state index is 2.49. The summed E-state index contributed by atoms with van der Waals surface area (Å²) in [5, 5.41) is 4.41. The number of hydrogen-bond acceptors (Lipinski definition) is 1. The fraction of sp³-hybridized carbons (Fsp3) is 0. The summed E-state index contributed by atoms with van der Waals surface area (Å²) >= 11 is 0. The van der Waals surface area contributed by atoms with Crippen LogP contribution in [0.5, 0.6) is 0 Å². The Morgan fingerprint density at radius 2 is 0.923 bits per heavy atom. The molecule has 39 heavy (non-hydrogen) atoms. The van der Waals surface area contributed by atoms with Crippen molar-refractivity contribution in [1.82, 2.24) is 0 Å². The van der Waals surface area contributed by atoms with Crippen LogP contribution in [-0.2, 0) is 0 Å². The molecule has 2 heterocycles. The summed E-state index contributed by atoms with van der Waals surface area (Å²) in [6.07, 6.45) is 0. The predicted octanol–water partition coefficient (Wildman–Crippen LogP) is 8.88. The Labute approximate surface area is 232 Å². The standard InChI is InChI=1S/C36H26NPS/c1-4-15-27(16-5-1)37-30-21-10-11-23-32(30)38-33-24-12-13-25-34(33)39(28-17-6-2-7-18-28,29-19-8-3-9-20-29)35-26-14-22-31(37)36(35)38/h1-26H. The van der Waals surface area contributed by atoms with Gasteiger partial charge in [-0.2, -0.15) is 0 Å². The van der Waals surface area contributed by atoms with Gasteiger partial charge >= 0.3 is 0 Å². The third-order valence-electron chi connectivity index (χ3n) is 7.78. The van der Waals surface area contributed by atoms with E-state index in [2.05, 4.69) is 163 Å². The van der Waals surface area contributed by atoms with E-state index < -0.39 is 17.9 Å². The number of para-hydroxylation sites is 2. The Morgan fingerprint density at radius 3 is 1.62 bits per heavy atom. The highest BCUT2D eigenvalue weighted by molar-refractivity contribution is 8.34. The van der Waals surface area contributed by atoms with Crippen LogP contribution in [0, 0.1) is 0 Å². The zero-order valence-electron chi connectivity index (χ0n) is 21.3. The molecule has 1 unspecified atom stereocenters. The minimum absolute atomic E-state index is 0.728. The molecule has 8 rings (SSSR count). The number of anilines is 3. The normalized spacial score (nSPS) is 16.9. The van der Waals surface area contributed by atoms with E-state index in [1.165, 1.54) is 52.6 Å². The number of nitrogens with zero attached hydrogens (tertiary/aromatic N) is 1. The van der Waals surface area contributed by atoms with Gasteiger partial charge in [-0.1, -0.05) is 97.1 Å². The van der Waals surface area contributed by atoms with Crippen molar-refractivity contribution in [3.8, 4) is 0 Å². The summed E-state index contributed by atoms with van der Waals surface area (Å²) in [5.41, 5.74) is 3.80. The predicted molar refractivity (Wildman–Crippen MR) is 167 cm³/mol. The fourth-order valence-corrected chi connectivity index (χ4v) is 14.2. The van der Waals surface area contributed by atoms with Crippen molar-refractivity contribution >= 4 is 50.9 Å². The molecular weight excluding hydrogens is 509 g/mol. The van der Waals surface area contributed by atoms with Gasteiger partial charge in [-0.25, -0.2) is 0 Å². The SMILES string of the molecule is c1ccc(N2c3ccccc3P3c4ccccc4S(c4ccccc4)(c4ccccc4)c4cccc2c43)cc1. The summed E-state index contributed by atoms with van der Waals surface area (Å²) < 4.78 is 0. The molecule has 2 aliphatic heterocycles. The highest BCUT2D eigenvalue weighted by Crippen LogP contribution is 2.77. The summed E-state index contributed by atoms with van der Waals surface area (Å²) in [6, 6.07) is 58.7. The summed E-state index contributed by atoms with van der Waals surface area (Å²) in [7, 11) is -2.45. The third-order valence-corrected chi connectivity index (χ3v) is 14.7. The molecule has 0 amide bonds. The molecule has 0 saturated carbocycles. The second kappa shape index (κ2) is 8.99. The lowest BCUT2D eigenvalue weighted by molar-refractivity contribution is 1.23. The van der Waals surface area contributed by atoms with Gasteiger partial charge in [0.25, 0.3) is 0 Å². The molecule has 0 saturated heterocycles. The number of rotatable bonds is 3. The number of hydrogen-bond donors (Lipinski definition) is 0. The molecule has 2 aliphatic rings. The van der Waals surface area contributed by atoms with E-state index in [1.54, 1.807) is 0 Å². The minimum atomic E-state index is -1.72. The van der Waals surface area contributed by atoms with Crippen LogP contribution in [0.4, 0.5) is 17.1 Å². The quantitative estimate of drug-likeness (QED) is 0.204. The molecule has 186 valence electrons. The van der Waals surface area contributed by atoms with Gasteiger partial charge in [-0.3, -0.25) is 0 Å². The van der Waals surface area contributed by atoms with E-state index in [4.69, 9.17) is 0 Å². The van der Waals surface area contributed by atoms with Gasteiger partial charge in [0.15, 0.2) is 0 Å². The van der Waals surface area contributed by atoms with E-state index in [0.29, 0.717) is 0 Å². The zero-order chi connectivity index (χ0) is 25.8. The van der Waals surface area contributed by atoms with Crippen molar-refractivity contribution in [3.05, 3.63) is 158 Å². The maximum Gasteiger partial charge on any atom is 0.0556 e. The monoisotopic (exact) mass is 535 g/mol. The van der Waals surface area contributed by atoms with Gasteiger partial charge < -0.3 is 4.90 Å². The van der Waals surface area contributed by atoms with E-state index in [1.807, 2.05) is 0 Å². The van der Waals surface area contributed by atoms with Gasteiger partial charge in [-0.15, -0.1) is 10.0 Å². The Morgan fingerprint density at radius 1 is 0.410 bits per heavy atom. The first-order chi connectivity index (χ1) is 19.4. The molecule has 1 nitrogen and oxygen atoms in total. The highest BCUT2D eigenvalue weighted by Gasteiger charge is 2.47. The van der Waals surface area contributed by atoms with Crippen LogP contribution < -0.4 is 20.8 Å². The third kappa shape index (κ3) is 3.20. The van der Waals surface area contributed by atoms with Crippen LogP contribution in [0.3, 0.4) is 0 Å². The molecule has 6 aromatic carbocycles. The summed E-state index contributed by atoms with van der Waals surface area (Å²) in [4.78, 5) is 8.20. The van der Waals surface area contributed by atoms with Crippen LogP contribution in [0.15, 0.2) is 177 Å². The van der Waals surface area contributed by atoms with Gasteiger partial charge in [0.1, 0.15) is 0 Å². The van der Waals surface area contributed by atoms with Crippen LogP contribution in [0.1, 0.15) is 0 Å². The Hall–Kier alpha value is -4.10. The lowest BCUT2D eigenvalue weighted by Gasteiger charge is -2.51. The highest BCUT2D eigenvalue weighted by atomic mass is 32.3. The Balaban J connectivity index is 1.56. The molecule has 0 radical (unpaired) electrons. The van der Waals surface area contributed by atoms with E-state index in [9.17, 15) is 0 Å². The fourth-order valence-electron chi connectivity index (χ4n) is 6.27. The van der Waals surface area contributed by atoms with Crippen LogP contribution in [-0.4, -0.2) is 0 Å². The summed E-state index contributed by atoms with van der Waals surface area (Å²) in [5.74, 6) is 0. The first-order valence-corrected chi connectivity index (χ1v) is 16.3. The second-order valence-electron chi connectivity index (χ2n) is 9.83. The van der Waals surface area contributed by atoms with Crippen molar-refractivity contribution in [3.63, 3.8) is 0 Å².